The summed E-state index contributed by atoms with van der Waals surface area (Å²) >= 11 is 0. The van der Waals surface area contributed by atoms with Gasteiger partial charge < -0.3 is 15.4 Å². The fraction of sp³-hybridized carbons (Fsp3) is 0.100. The molecule has 0 saturated carbocycles. The number of nitrogens with zero attached hydrogens (tertiary/aromatic N) is 4. The van der Waals surface area contributed by atoms with Crippen molar-refractivity contribution >= 4 is 17.4 Å². The van der Waals surface area contributed by atoms with Gasteiger partial charge in [-0.05, 0) is 30.3 Å². The number of benzene rings is 2. The Morgan fingerprint density at radius 3 is 2.68 bits per heavy atom. The minimum Gasteiger partial charge on any atom is -0.475 e. The standard InChI is InChI=1S/C20H15F3N6O2/c21-13-3-1-2-12(10-13)19-27-26-17-6-7-18(28-29(17)19)31-9-8-24-20(30)25-14-4-5-15(22)16(23)11-14/h1-7,10-11H,8-9H2,(H2,24,25,30). The van der Waals surface area contributed by atoms with E-state index in [0.29, 0.717) is 17.0 Å². The molecule has 0 spiro atoms. The van der Waals surface area contributed by atoms with Gasteiger partial charge in [0, 0.05) is 23.4 Å². The Labute approximate surface area is 173 Å². The van der Waals surface area contributed by atoms with Gasteiger partial charge in [0.05, 0.1) is 6.54 Å². The summed E-state index contributed by atoms with van der Waals surface area (Å²) in [5.41, 5.74) is 1.07. The van der Waals surface area contributed by atoms with E-state index in [1.165, 1.54) is 22.7 Å². The van der Waals surface area contributed by atoms with Crippen LogP contribution in [0.3, 0.4) is 0 Å². The van der Waals surface area contributed by atoms with Crippen molar-refractivity contribution in [1.82, 2.24) is 25.1 Å². The van der Waals surface area contributed by atoms with Gasteiger partial charge in [-0.3, -0.25) is 0 Å². The molecule has 0 atom stereocenters. The summed E-state index contributed by atoms with van der Waals surface area (Å²) in [7, 11) is 0. The summed E-state index contributed by atoms with van der Waals surface area (Å²) in [5, 5.41) is 17.2. The van der Waals surface area contributed by atoms with E-state index < -0.39 is 23.5 Å². The Bertz CT molecular complexity index is 1250. The van der Waals surface area contributed by atoms with Crippen molar-refractivity contribution in [2.75, 3.05) is 18.5 Å². The molecular formula is C20H15F3N6O2. The molecule has 2 N–H and O–H groups in total. The van der Waals surface area contributed by atoms with E-state index in [1.807, 2.05) is 0 Å². The Morgan fingerprint density at radius 1 is 1.00 bits per heavy atom. The van der Waals surface area contributed by atoms with Gasteiger partial charge in [-0.15, -0.1) is 15.3 Å². The molecule has 0 aliphatic rings. The highest BCUT2D eigenvalue weighted by atomic mass is 19.2. The van der Waals surface area contributed by atoms with Gasteiger partial charge in [0.1, 0.15) is 12.4 Å². The fourth-order valence-electron chi connectivity index (χ4n) is 2.73. The number of nitrogens with one attached hydrogen (secondary N) is 2. The molecule has 2 aromatic carbocycles. The predicted molar refractivity (Wildman–Crippen MR) is 105 cm³/mol. The van der Waals surface area contributed by atoms with Crippen LogP contribution in [0.15, 0.2) is 54.6 Å². The maximum atomic E-state index is 13.5. The number of carbonyl (C=O) groups excluding carboxylic acids is 1. The topological polar surface area (TPSA) is 93.4 Å². The molecule has 2 aromatic heterocycles. The minimum absolute atomic E-state index is 0.0845. The molecule has 0 radical (unpaired) electrons. The first-order valence-electron chi connectivity index (χ1n) is 9.11. The number of rotatable bonds is 6. The van der Waals surface area contributed by atoms with Crippen LogP contribution in [-0.4, -0.2) is 39.0 Å². The fourth-order valence-corrected chi connectivity index (χ4v) is 2.73. The van der Waals surface area contributed by atoms with Crippen molar-refractivity contribution in [2.45, 2.75) is 0 Å². The van der Waals surface area contributed by atoms with Crippen molar-refractivity contribution in [3.8, 4) is 17.3 Å². The summed E-state index contributed by atoms with van der Waals surface area (Å²) in [6, 6.07) is 11.5. The molecule has 0 aliphatic carbocycles. The van der Waals surface area contributed by atoms with E-state index in [0.717, 1.165) is 12.1 Å². The molecular weight excluding hydrogens is 413 g/mol. The van der Waals surface area contributed by atoms with Crippen molar-refractivity contribution in [3.63, 3.8) is 0 Å². The van der Waals surface area contributed by atoms with Crippen LogP contribution < -0.4 is 15.4 Å². The molecule has 2 heterocycles. The average Bonchev–Trinajstić information content (AvgIpc) is 3.17. The average molecular weight is 428 g/mol. The lowest BCUT2D eigenvalue weighted by Gasteiger charge is -2.09. The van der Waals surface area contributed by atoms with E-state index in [2.05, 4.69) is 25.9 Å². The van der Waals surface area contributed by atoms with E-state index in [1.54, 1.807) is 24.3 Å². The maximum Gasteiger partial charge on any atom is 0.319 e. The van der Waals surface area contributed by atoms with Crippen molar-refractivity contribution < 1.29 is 22.7 Å². The van der Waals surface area contributed by atoms with E-state index in [4.69, 9.17) is 4.74 Å². The molecule has 8 nitrogen and oxygen atoms in total. The van der Waals surface area contributed by atoms with Gasteiger partial charge >= 0.3 is 6.03 Å². The molecule has 0 unspecified atom stereocenters. The first-order valence-corrected chi connectivity index (χ1v) is 9.11. The number of hydrogen-bond donors (Lipinski definition) is 2. The third-order valence-corrected chi connectivity index (χ3v) is 4.14. The van der Waals surface area contributed by atoms with Crippen LogP contribution in [0.4, 0.5) is 23.7 Å². The van der Waals surface area contributed by atoms with Gasteiger partial charge in [-0.2, -0.15) is 4.52 Å². The van der Waals surface area contributed by atoms with Crippen LogP contribution in [-0.2, 0) is 0 Å². The van der Waals surface area contributed by atoms with Crippen LogP contribution in [0.2, 0.25) is 0 Å². The van der Waals surface area contributed by atoms with Crippen molar-refractivity contribution in [2.24, 2.45) is 0 Å². The normalized spacial score (nSPS) is 10.8. The van der Waals surface area contributed by atoms with Gasteiger partial charge in [0.15, 0.2) is 23.1 Å². The number of aromatic nitrogens is 4. The number of urea groups is 1. The van der Waals surface area contributed by atoms with Gasteiger partial charge in [0.2, 0.25) is 5.88 Å². The molecule has 0 saturated heterocycles. The summed E-state index contributed by atoms with van der Waals surface area (Å²) in [4.78, 5) is 11.8. The van der Waals surface area contributed by atoms with Crippen LogP contribution in [0.5, 0.6) is 5.88 Å². The zero-order valence-corrected chi connectivity index (χ0v) is 15.8. The number of ether oxygens (including phenoxy) is 1. The highest BCUT2D eigenvalue weighted by molar-refractivity contribution is 5.89. The molecule has 4 rings (SSSR count). The minimum atomic E-state index is -1.06. The third-order valence-electron chi connectivity index (χ3n) is 4.14. The van der Waals surface area contributed by atoms with Crippen LogP contribution in [0.25, 0.3) is 17.0 Å². The Morgan fingerprint density at radius 2 is 1.87 bits per heavy atom. The quantitative estimate of drug-likeness (QED) is 0.459. The van der Waals surface area contributed by atoms with Gasteiger partial charge in [-0.1, -0.05) is 12.1 Å². The lowest BCUT2D eigenvalue weighted by Crippen LogP contribution is -2.32. The van der Waals surface area contributed by atoms with Crippen molar-refractivity contribution in [3.05, 3.63) is 72.0 Å². The van der Waals surface area contributed by atoms with E-state index in [9.17, 15) is 18.0 Å². The molecule has 31 heavy (non-hydrogen) atoms. The summed E-state index contributed by atoms with van der Waals surface area (Å²) in [5.74, 6) is -1.88. The highest BCUT2D eigenvalue weighted by Crippen LogP contribution is 2.19. The first-order chi connectivity index (χ1) is 15.0. The highest BCUT2D eigenvalue weighted by Gasteiger charge is 2.11. The Kier molecular flexibility index (Phi) is 5.65. The zero-order chi connectivity index (χ0) is 21.8. The molecule has 158 valence electrons. The number of halogens is 3. The molecule has 0 bridgehead atoms. The smallest absolute Gasteiger partial charge is 0.319 e. The summed E-state index contributed by atoms with van der Waals surface area (Å²) in [6.07, 6.45) is 0. The monoisotopic (exact) mass is 428 g/mol. The zero-order valence-electron chi connectivity index (χ0n) is 15.8. The molecule has 0 aliphatic heterocycles. The number of carbonyl (C=O) groups is 1. The number of fused-ring (bicyclic) bond motifs is 1. The van der Waals surface area contributed by atoms with Crippen molar-refractivity contribution in [1.29, 1.82) is 0 Å². The lowest BCUT2D eigenvalue weighted by molar-refractivity contribution is 0.246. The predicted octanol–water partition coefficient (Wildman–Crippen LogP) is 3.41. The largest absolute Gasteiger partial charge is 0.475 e. The van der Waals surface area contributed by atoms with Gasteiger partial charge in [0.25, 0.3) is 0 Å². The lowest BCUT2D eigenvalue weighted by atomic mass is 10.2. The molecule has 0 fully saturated rings. The molecule has 11 heteroatoms. The summed E-state index contributed by atoms with van der Waals surface area (Å²) < 4.78 is 46.5. The summed E-state index contributed by atoms with van der Waals surface area (Å²) in [6.45, 7) is 0.204. The SMILES string of the molecule is O=C(NCCOc1ccc2nnc(-c3cccc(F)c3)n2n1)Nc1ccc(F)c(F)c1. The van der Waals surface area contributed by atoms with Crippen LogP contribution in [0.1, 0.15) is 0 Å². The molecule has 2 amide bonds. The van der Waals surface area contributed by atoms with Gasteiger partial charge in [-0.25, -0.2) is 18.0 Å². The number of anilines is 1. The second kappa shape index (κ2) is 8.69. The number of hydrogen-bond acceptors (Lipinski definition) is 5. The van der Waals surface area contributed by atoms with E-state index >= 15 is 0 Å². The Hall–Kier alpha value is -4.15. The first kappa shape index (κ1) is 20.1. The third kappa shape index (κ3) is 4.71. The Balaban J connectivity index is 1.34. The second-order valence-electron chi connectivity index (χ2n) is 6.33. The van der Waals surface area contributed by atoms with Crippen LogP contribution in [0, 0.1) is 17.5 Å². The van der Waals surface area contributed by atoms with E-state index in [-0.39, 0.29) is 24.7 Å². The maximum absolute atomic E-state index is 13.5. The second-order valence-corrected chi connectivity index (χ2v) is 6.33. The molecule has 4 aromatic rings. The number of amides is 2. The van der Waals surface area contributed by atoms with Crippen LogP contribution >= 0.6 is 0 Å².